The van der Waals surface area contributed by atoms with Crippen molar-refractivity contribution in [2.75, 3.05) is 13.3 Å². The van der Waals surface area contributed by atoms with Gasteiger partial charge in [-0.25, -0.2) is 4.98 Å². The summed E-state index contributed by atoms with van der Waals surface area (Å²) >= 11 is 0. The number of rotatable bonds is 7. The molecule has 1 unspecified atom stereocenters. The van der Waals surface area contributed by atoms with Gasteiger partial charge in [-0.2, -0.15) is 0 Å². The Morgan fingerprint density at radius 2 is 2.29 bits per heavy atom. The summed E-state index contributed by atoms with van der Waals surface area (Å²) in [6.45, 7) is 4.13. The van der Waals surface area contributed by atoms with Crippen LogP contribution in [0.2, 0.25) is 0 Å². The van der Waals surface area contributed by atoms with Gasteiger partial charge in [-0.05, 0) is 23.5 Å². The van der Waals surface area contributed by atoms with Gasteiger partial charge in [0.15, 0.2) is 0 Å². The minimum atomic E-state index is -0.382. The molecule has 1 aromatic heterocycles. The van der Waals surface area contributed by atoms with E-state index in [4.69, 9.17) is 4.74 Å². The number of halogens is 1. The second-order valence-corrected chi connectivity index (χ2v) is 4.08. The highest BCUT2D eigenvalue weighted by Crippen LogP contribution is 2.25. The van der Waals surface area contributed by atoms with Crippen LogP contribution in [0.25, 0.3) is 0 Å². The molecule has 0 spiro atoms. The average Bonchev–Trinajstić information content (AvgIpc) is 2.38. The summed E-state index contributed by atoms with van der Waals surface area (Å²) in [5.74, 6) is 0.856. The van der Waals surface area contributed by atoms with Crippen LogP contribution in [0.5, 0.6) is 5.88 Å². The molecule has 4 heteroatoms. The third-order valence-electron chi connectivity index (χ3n) is 2.84. The van der Waals surface area contributed by atoms with Crippen LogP contribution in [0, 0.1) is 0 Å². The first-order chi connectivity index (χ1) is 8.22. The zero-order chi connectivity index (χ0) is 12.7. The quantitative estimate of drug-likeness (QED) is 0.746. The Labute approximate surface area is 102 Å². The van der Waals surface area contributed by atoms with E-state index in [2.05, 4.69) is 18.8 Å². The molecule has 0 saturated carbocycles. The fourth-order valence-electron chi connectivity index (χ4n) is 1.60. The van der Waals surface area contributed by atoms with Gasteiger partial charge in [-0.15, -0.1) is 0 Å². The molecule has 0 aromatic carbocycles. The van der Waals surface area contributed by atoms with Crippen molar-refractivity contribution >= 4 is 0 Å². The van der Waals surface area contributed by atoms with E-state index >= 15 is 0 Å². The van der Waals surface area contributed by atoms with Crippen LogP contribution < -0.4 is 4.74 Å². The van der Waals surface area contributed by atoms with Crippen molar-refractivity contribution in [1.29, 1.82) is 0 Å². The summed E-state index contributed by atoms with van der Waals surface area (Å²) in [5.41, 5.74) is 1.89. The molecular formula is C13H20FNO2. The highest BCUT2D eigenvalue weighted by molar-refractivity contribution is 5.31. The lowest BCUT2D eigenvalue weighted by atomic mass is 9.95. The van der Waals surface area contributed by atoms with Crippen LogP contribution in [0.3, 0.4) is 0 Å². The van der Waals surface area contributed by atoms with E-state index in [9.17, 15) is 9.50 Å². The first kappa shape index (κ1) is 13.9. The van der Waals surface area contributed by atoms with Crippen molar-refractivity contribution in [1.82, 2.24) is 4.98 Å². The monoisotopic (exact) mass is 241 g/mol. The highest BCUT2D eigenvalue weighted by atomic mass is 19.1. The van der Waals surface area contributed by atoms with Crippen molar-refractivity contribution < 1.29 is 14.2 Å². The van der Waals surface area contributed by atoms with E-state index < -0.39 is 0 Å². The molecule has 1 N–H and O–H groups in total. The maximum Gasteiger partial charge on any atom is 0.213 e. The molecular weight excluding hydrogens is 221 g/mol. The number of hydrogen-bond acceptors (Lipinski definition) is 3. The SMILES string of the molecule is CCC(C)c1cc(OCCCF)ncc1CO. The van der Waals surface area contributed by atoms with Crippen molar-refractivity contribution in [3.63, 3.8) is 0 Å². The molecule has 3 nitrogen and oxygen atoms in total. The van der Waals surface area contributed by atoms with E-state index in [0.29, 0.717) is 24.8 Å². The van der Waals surface area contributed by atoms with Crippen LogP contribution in [0.1, 0.15) is 43.7 Å². The topological polar surface area (TPSA) is 42.4 Å². The second-order valence-electron chi connectivity index (χ2n) is 4.08. The standard InChI is InChI=1S/C13H20FNO2/c1-3-10(2)12-7-13(17-6-4-5-14)15-8-11(12)9-16/h7-8,10,16H,3-6,9H2,1-2H3. The van der Waals surface area contributed by atoms with Crippen molar-refractivity contribution in [2.24, 2.45) is 0 Å². The third-order valence-corrected chi connectivity index (χ3v) is 2.84. The smallest absolute Gasteiger partial charge is 0.213 e. The highest BCUT2D eigenvalue weighted by Gasteiger charge is 2.11. The van der Waals surface area contributed by atoms with Crippen LogP contribution in [-0.2, 0) is 6.61 Å². The number of hydrogen-bond donors (Lipinski definition) is 1. The van der Waals surface area contributed by atoms with E-state index in [1.165, 1.54) is 0 Å². The molecule has 1 atom stereocenters. The number of nitrogens with zero attached hydrogens (tertiary/aromatic N) is 1. The zero-order valence-electron chi connectivity index (χ0n) is 10.4. The Bertz CT molecular complexity index is 344. The fourth-order valence-corrected chi connectivity index (χ4v) is 1.60. The molecule has 0 radical (unpaired) electrons. The molecule has 17 heavy (non-hydrogen) atoms. The zero-order valence-corrected chi connectivity index (χ0v) is 10.4. The first-order valence-corrected chi connectivity index (χ1v) is 6.01. The van der Waals surface area contributed by atoms with Gasteiger partial charge in [0.2, 0.25) is 5.88 Å². The van der Waals surface area contributed by atoms with Gasteiger partial charge >= 0.3 is 0 Å². The van der Waals surface area contributed by atoms with E-state index in [-0.39, 0.29) is 13.3 Å². The van der Waals surface area contributed by atoms with Gasteiger partial charge in [-0.3, -0.25) is 4.39 Å². The first-order valence-electron chi connectivity index (χ1n) is 6.01. The second kappa shape index (κ2) is 7.22. The lowest BCUT2D eigenvalue weighted by molar-refractivity contribution is 0.272. The summed E-state index contributed by atoms with van der Waals surface area (Å²) in [6.07, 6.45) is 3.00. The Balaban J connectivity index is 2.81. The van der Waals surface area contributed by atoms with Crippen LogP contribution in [-0.4, -0.2) is 23.4 Å². The Hall–Kier alpha value is -1.16. The van der Waals surface area contributed by atoms with E-state index in [1.54, 1.807) is 6.20 Å². The van der Waals surface area contributed by atoms with Gasteiger partial charge in [0.1, 0.15) is 0 Å². The number of ether oxygens (including phenoxy) is 1. The number of aliphatic hydroxyl groups is 1. The van der Waals surface area contributed by atoms with Crippen molar-refractivity contribution in [3.8, 4) is 5.88 Å². The predicted molar refractivity (Wildman–Crippen MR) is 65.0 cm³/mol. The molecule has 1 rings (SSSR count). The predicted octanol–water partition coefficient (Wildman–Crippen LogP) is 2.83. The number of aromatic nitrogens is 1. The number of aliphatic hydroxyl groups excluding tert-OH is 1. The molecule has 0 aliphatic carbocycles. The maximum absolute atomic E-state index is 11.9. The molecule has 0 aliphatic heterocycles. The molecule has 1 aromatic rings. The molecule has 0 bridgehead atoms. The van der Waals surface area contributed by atoms with E-state index in [1.807, 2.05) is 6.07 Å². The summed E-state index contributed by atoms with van der Waals surface area (Å²) in [5, 5.41) is 9.24. The minimum absolute atomic E-state index is 0.0164. The summed E-state index contributed by atoms with van der Waals surface area (Å²) in [7, 11) is 0. The molecule has 0 saturated heterocycles. The molecule has 0 aliphatic rings. The summed E-state index contributed by atoms with van der Waals surface area (Å²) in [4.78, 5) is 4.09. The molecule has 96 valence electrons. The van der Waals surface area contributed by atoms with Crippen molar-refractivity contribution in [2.45, 2.75) is 39.2 Å². The number of pyridine rings is 1. The van der Waals surface area contributed by atoms with Crippen LogP contribution >= 0.6 is 0 Å². The summed E-state index contributed by atoms with van der Waals surface area (Å²) < 4.78 is 17.3. The number of alkyl halides is 1. The van der Waals surface area contributed by atoms with Gasteiger partial charge in [-0.1, -0.05) is 13.8 Å². The minimum Gasteiger partial charge on any atom is -0.478 e. The fraction of sp³-hybridized carbons (Fsp3) is 0.615. The molecule has 0 fully saturated rings. The lowest BCUT2D eigenvalue weighted by Crippen LogP contribution is -2.04. The Morgan fingerprint density at radius 3 is 2.88 bits per heavy atom. The lowest BCUT2D eigenvalue weighted by Gasteiger charge is -2.14. The normalized spacial score (nSPS) is 12.5. The van der Waals surface area contributed by atoms with Gasteiger partial charge in [0, 0.05) is 18.7 Å². The van der Waals surface area contributed by atoms with Gasteiger partial charge in [0.25, 0.3) is 0 Å². The Kier molecular flexibility index (Phi) is 5.91. The molecule has 1 heterocycles. The van der Waals surface area contributed by atoms with Crippen molar-refractivity contribution in [3.05, 3.63) is 23.4 Å². The maximum atomic E-state index is 11.9. The molecule has 0 amide bonds. The van der Waals surface area contributed by atoms with E-state index in [0.717, 1.165) is 17.5 Å². The van der Waals surface area contributed by atoms with Crippen LogP contribution in [0.4, 0.5) is 4.39 Å². The summed E-state index contributed by atoms with van der Waals surface area (Å²) in [6, 6.07) is 1.85. The third kappa shape index (κ3) is 3.97. The largest absolute Gasteiger partial charge is 0.478 e. The Morgan fingerprint density at radius 1 is 1.53 bits per heavy atom. The van der Waals surface area contributed by atoms with Gasteiger partial charge < -0.3 is 9.84 Å². The van der Waals surface area contributed by atoms with Gasteiger partial charge in [0.05, 0.1) is 19.9 Å². The van der Waals surface area contributed by atoms with Crippen LogP contribution in [0.15, 0.2) is 12.3 Å². The average molecular weight is 241 g/mol.